The average molecular weight is 374 g/mol. The smallest absolute Gasteiger partial charge is 0.326 e. The SMILES string of the molecule is CC1(C)[C@@H]2[C@@H](C(=O)O)N(C(=O)c3ccc(F)c(F)c3Br)C[C@@H]21. The molecule has 22 heavy (non-hydrogen) atoms. The summed E-state index contributed by atoms with van der Waals surface area (Å²) in [6.45, 7) is 4.28. The van der Waals surface area contributed by atoms with Gasteiger partial charge < -0.3 is 10.0 Å². The molecule has 118 valence electrons. The molecule has 1 aliphatic heterocycles. The average Bonchev–Trinajstić information content (AvgIpc) is 2.84. The molecule has 1 saturated heterocycles. The highest BCUT2D eigenvalue weighted by atomic mass is 79.9. The zero-order valence-corrected chi connectivity index (χ0v) is 13.5. The van der Waals surface area contributed by atoms with Crippen LogP contribution in [0.5, 0.6) is 0 Å². The molecule has 1 aliphatic carbocycles. The standard InChI is InChI=1S/C15H14BrF2NO3/c1-15(2)7-5-19(12(9(7)15)14(21)22)13(20)6-3-4-8(17)11(18)10(6)16/h3-4,7,9,12H,5H2,1-2H3,(H,21,22)/t7-,9-,12-/m0/s1. The summed E-state index contributed by atoms with van der Waals surface area (Å²) in [7, 11) is 0. The number of fused-ring (bicyclic) bond motifs is 1. The Morgan fingerprint density at radius 3 is 2.59 bits per heavy atom. The van der Waals surface area contributed by atoms with Gasteiger partial charge in [0.1, 0.15) is 6.04 Å². The molecular weight excluding hydrogens is 360 g/mol. The van der Waals surface area contributed by atoms with Crippen LogP contribution < -0.4 is 0 Å². The molecule has 1 N–H and O–H groups in total. The minimum Gasteiger partial charge on any atom is -0.480 e. The second kappa shape index (κ2) is 4.75. The summed E-state index contributed by atoms with van der Waals surface area (Å²) >= 11 is 2.87. The molecule has 0 aromatic heterocycles. The third-order valence-corrected chi connectivity index (χ3v) is 5.76. The lowest BCUT2D eigenvalue weighted by molar-refractivity contribution is -0.142. The van der Waals surface area contributed by atoms with E-state index in [1.54, 1.807) is 0 Å². The van der Waals surface area contributed by atoms with Crippen molar-refractivity contribution in [2.45, 2.75) is 19.9 Å². The van der Waals surface area contributed by atoms with E-state index in [1.165, 1.54) is 11.0 Å². The summed E-state index contributed by atoms with van der Waals surface area (Å²) in [5, 5.41) is 9.44. The Morgan fingerprint density at radius 2 is 2.00 bits per heavy atom. The monoisotopic (exact) mass is 373 g/mol. The highest BCUT2D eigenvalue weighted by molar-refractivity contribution is 9.10. The van der Waals surface area contributed by atoms with Crippen molar-refractivity contribution in [3.05, 3.63) is 33.8 Å². The van der Waals surface area contributed by atoms with Crippen molar-refractivity contribution in [2.75, 3.05) is 6.54 Å². The number of hydrogen-bond donors (Lipinski definition) is 1. The van der Waals surface area contributed by atoms with Gasteiger partial charge in [0, 0.05) is 12.5 Å². The van der Waals surface area contributed by atoms with E-state index in [0.717, 1.165) is 6.07 Å². The van der Waals surface area contributed by atoms with Crippen molar-refractivity contribution >= 4 is 27.8 Å². The largest absolute Gasteiger partial charge is 0.480 e. The predicted octanol–water partition coefficient (Wildman–Crippen LogP) is 2.91. The van der Waals surface area contributed by atoms with Crippen LogP contribution in [0, 0.1) is 28.9 Å². The first kappa shape index (κ1) is 15.4. The molecule has 0 unspecified atom stereocenters. The van der Waals surface area contributed by atoms with Gasteiger partial charge in [0.25, 0.3) is 5.91 Å². The number of nitrogens with zero attached hydrogens (tertiary/aromatic N) is 1. The molecule has 4 nitrogen and oxygen atoms in total. The van der Waals surface area contributed by atoms with Crippen LogP contribution in [-0.2, 0) is 4.79 Å². The number of aliphatic carboxylic acids is 1. The second-order valence-corrected chi connectivity index (χ2v) is 7.21. The molecule has 0 bridgehead atoms. The lowest BCUT2D eigenvalue weighted by atomic mass is 10.0. The van der Waals surface area contributed by atoms with Crippen LogP contribution >= 0.6 is 15.9 Å². The Balaban J connectivity index is 1.94. The van der Waals surface area contributed by atoms with Gasteiger partial charge >= 0.3 is 5.97 Å². The second-order valence-electron chi connectivity index (χ2n) is 6.42. The Morgan fingerprint density at radius 1 is 1.36 bits per heavy atom. The summed E-state index contributed by atoms with van der Waals surface area (Å²) in [6.07, 6.45) is 0. The van der Waals surface area contributed by atoms with Gasteiger partial charge in [-0.2, -0.15) is 0 Å². The third kappa shape index (κ3) is 1.98. The number of carboxylic acid groups (broad SMARTS) is 1. The summed E-state index contributed by atoms with van der Waals surface area (Å²) < 4.78 is 26.5. The van der Waals surface area contributed by atoms with Crippen molar-refractivity contribution in [3.8, 4) is 0 Å². The molecule has 1 amide bonds. The number of carbonyl (C=O) groups excluding carboxylic acids is 1. The number of amides is 1. The zero-order valence-electron chi connectivity index (χ0n) is 11.9. The quantitative estimate of drug-likeness (QED) is 0.810. The Kier molecular flexibility index (Phi) is 3.32. The normalized spacial score (nSPS) is 28.4. The van der Waals surface area contributed by atoms with Crippen molar-refractivity contribution in [1.82, 2.24) is 4.90 Å². The molecule has 1 saturated carbocycles. The van der Waals surface area contributed by atoms with Gasteiger partial charge in [0.05, 0.1) is 10.0 Å². The molecule has 3 rings (SSSR count). The molecule has 0 radical (unpaired) electrons. The maximum atomic E-state index is 13.6. The van der Waals surface area contributed by atoms with E-state index in [4.69, 9.17) is 0 Å². The van der Waals surface area contributed by atoms with Gasteiger partial charge in [-0.1, -0.05) is 13.8 Å². The Labute approximate surface area is 134 Å². The van der Waals surface area contributed by atoms with Gasteiger partial charge in [-0.05, 0) is 39.4 Å². The van der Waals surface area contributed by atoms with Crippen molar-refractivity contribution in [3.63, 3.8) is 0 Å². The third-order valence-electron chi connectivity index (χ3n) is 4.99. The molecule has 0 spiro atoms. The van der Waals surface area contributed by atoms with Crippen molar-refractivity contribution < 1.29 is 23.5 Å². The number of carboxylic acids is 1. The number of benzene rings is 1. The van der Waals surface area contributed by atoms with Gasteiger partial charge in [-0.25, -0.2) is 13.6 Å². The first-order valence-corrected chi connectivity index (χ1v) is 7.64. The molecule has 1 aromatic carbocycles. The van der Waals surface area contributed by atoms with Crippen LogP contribution in [0.2, 0.25) is 0 Å². The lowest BCUT2D eigenvalue weighted by Crippen LogP contribution is -2.45. The maximum absolute atomic E-state index is 13.6. The number of carbonyl (C=O) groups is 2. The van der Waals surface area contributed by atoms with Crippen LogP contribution in [-0.4, -0.2) is 34.5 Å². The van der Waals surface area contributed by atoms with Gasteiger partial charge in [0.2, 0.25) is 0 Å². The molecule has 3 atom stereocenters. The summed E-state index contributed by atoms with van der Waals surface area (Å²) in [6, 6.07) is 1.11. The van der Waals surface area contributed by atoms with Crippen LogP contribution in [0.15, 0.2) is 16.6 Å². The van der Waals surface area contributed by atoms with E-state index in [1.807, 2.05) is 13.8 Å². The van der Waals surface area contributed by atoms with Crippen LogP contribution in [0.4, 0.5) is 8.78 Å². The van der Waals surface area contributed by atoms with Gasteiger partial charge in [-0.3, -0.25) is 4.79 Å². The van der Waals surface area contributed by atoms with Crippen LogP contribution in [0.1, 0.15) is 24.2 Å². The van der Waals surface area contributed by atoms with E-state index in [9.17, 15) is 23.5 Å². The van der Waals surface area contributed by atoms with Gasteiger partial charge in [-0.15, -0.1) is 0 Å². The van der Waals surface area contributed by atoms with E-state index < -0.39 is 29.6 Å². The van der Waals surface area contributed by atoms with Crippen molar-refractivity contribution in [2.24, 2.45) is 17.3 Å². The van der Waals surface area contributed by atoms with E-state index in [2.05, 4.69) is 15.9 Å². The van der Waals surface area contributed by atoms with Gasteiger partial charge in [0.15, 0.2) is 11.6 Å². The minimum absolute atomic E-state index is 0.0655. The first-order valence-electron chi connectivity index (χ1n) is 6.85. The molecule has 1 heterocycles. The van der Waals surface area contributed by atoms with Crippen LogP contribution in [0.25, 0.3) is 0 Å². The Bertz CT molecular complexity index is 692. The lowest BCUT2D eigenvalue weighted by Gasteiger charge is -2.28. The molecular formula is C15H14BrF2NO3. The number of hydrogen-bond acceptors (Lipinski definition) is 2. The number of halogens is 3. The summed E-state index contributed by atoms with van der Waals surface area (Å²) in [5.74, 6) is -3.85. The molecule has 7 heteroatoms. The topological polar surface area (TPSA) is 57.6 Å². The predicted molar refractivity (Wildman–Crippen MR) is 77.3 cm³/mol. The number of piperidine rings is 1. The fourth-order valence-electron chi connectivity index (χ4n) is 3.62. The fourth-order valence-corrected chi connectivity index (χ4v) is 4.11. The first-order chi connectivity index (χ1) is 10.2. The number of likely N-dealkylation sites (tertiary alicyclic amines) is 1. The van der Waals surface area contributed by atoms with Crippen LogP contribution in [0.3, 0.4) is 0 Å². The minimum atomic E-state index is -1.15. The zero-order chi connectivity index (χ0) is 16.4. The van der Waals surface area contributed by atoms with E-state index >= 15 is 0 Å². The Hall–Kier alpha value is -1.50. The van der Waals surface area contributed by atoms with E-state index in [-0.39, 0.29) is 27.3 Å². The highest BCUT2D eigenvalue weighted by Crippen LogP contribution is 2.65. The molecule has 2 aliphatic rings. The summed E-state index contributed by atoms with van der Waals surface area (Å²) in [5.41, 5.74) is -0.172. The summed E-state index contributed by atoms with van der Waals surface area (Å²) in [4.78, 5) is 25.4. The van der Waals surface area contributed by atoms with Crippen molar-refractivity contribution in [1.29, 1.82) is 0 Å². The highest BCUT2D eigenvalue weighted by Gasteiger charge is 2.69. The molecule has 2 fully saturated rings. The van der Waals surface area contributed by atoms with E-state index in [0.29, 0.717) is 6.54 Å². The molecule has 1 aromatic rings. The fraction of sp³-hybridized carbons (Fsp3) is 0.467. The maximum Gasteiger partial charge on any atom is 0.326 e. The number of rotatable bonds is 2.